The van der Waals surface area contributed by atoms with Gasteiger partial charge in [0.05, 0.1) is 6.61 Å². The predicted molar refractivity (Wildman–Crippen MR) is 70.8 cm³/mol. The Balaban J connectivity index is 2.33. The van der Waals surface area contributed by atoms with E-state index in [1.165, 1.54) is 6.42 Å². The minimum atomic E-state index is 0.621. The fourth-order valence-electron chi connectivity index (χ4n) is 1.94. The van der Waals surface area contributed by atoms with Crippen molar-refractivity contribution in [2.45, 2.75) is 19.4 Å². The van der Waals surface area contributed by atoms with Crippen molar-refractivity contribution in [1.29, 1.82) is 0 Å². The van der Waals surface area contributed by atoms with Gasteiger partial charge in [-0.3, -0.25) is 4.90 Å². The Morgan fingerprint density at radius 3 is 2.88 bits per heavy atom. The molecule has 1 N–H and O–H groups in total. The first-order valence-corrected chi connectivity index (χ1v) is 6.31. The molecule has 1 unspecified atom stereocenters. The highest BCUT2D eigenvalue weighted by molar-refractivity contribution is 7.80. The summed E-state index contributed by atoms with van der Waals surface area (Å²) in [5.41, 5.74) is 0. The largest absolute Gasteiger partial charge is 0.383 e. The molecule has 0 aromatic heterocycles. The van der Waals surface area contributed by atoms with E-state index in [4.69, 9.17) is 17.0 Å². The highest BCUT2D eigenvalue weighted by atomic mass is 32.1. The van der Waals surface area contributed by atoms with Crippen LogP contribution >= 0.6 is 12.2 Å². The van der Waals surface area contributed by atoms with Gasteiger partial charge in [-0.2, -0.15) is 0 Å². The maximum atomic E-state index is 5.37. The summed E-state index contributed by atoms with van der Waals surface area (Å²) in [6, 6.07) is 0.621. The van der Waals surface area contributed by atoms with Gasteiger partial charge < -0.3 is 15.0 Å². The number of hydrogen-bond donors (Lipinski definition) is 1. The zero-order valence-corrected chi connectivity index (χ0v) is 11.3. The van der Waals surface area contributed by atoms with Crippen LogP contribution < -0.4 is 5.32 Å². The quantitative estimate of drug-likeness (QED) is 0.576. The lowest BCUT2D eigenvalue weighted by molar-refractivity contribution is 0.136. The average molecular weight is 245 g/mol. The Morgan fingerprint density at radius 2 is 2.25 bits per heavy atom. The maximum absolute atomic E-state index is 5.37. The van der Waals surface area contributed by atoms with Gasteiger partial charge in [0, 0.05) is 39.3 Å². The van der Waals surface area contributed by atoms with Gasteiger partial charge in [0.2, 0.25) is 0 Å². The van der Waals surface area contributed by atoms with Crippen LogP contribution in [0.3, 0.4) is 0 Å². The molecule has 1 aliphatic rings. The van der Waals surface area contributed by atoms with E-state index in [1.807, 2.05) is 0 Å². The summed E-state index contributed by atoms with van der Waals surface area (Å²) >= 11 is 5.37. The van der Waals surface area contributed by atoms with Crippen molar-refractivity contribution >= 4 is 17.3 Å². The minimum Gasteiger partial charge on any atom is -0.383 e. The second-order valence-corrected chi connectivity index (χ2v) is 4.60. The molecule has 94 valence electrons. The summed E-state index contributed by atoms with van der Waals surface area (Å²) in [7, 11) is 3.89. The Labute approximate surface area is 104 Å². The molecule has 0 saturated carbocycles. The molecule has 1 rings (SSSR count). The first-order chi connectivity index (χ1) is 7.69. The molecule has 0 aromatic carbocycles. The Bertz CT molecular complexity index is 225. The number of nitrogens with one attached hydrogen (secondary N) is 1. The van der Waals surface area contributed by atoms with Gasteiger partial charge in [0.1, 0.15) is 0 Å². The fourth-order valence-corrected chi connectivity index (χ4v) is 2.21. The molecule has 0 aliphatic carbocycles. The van der Waals surface area contributed by atoms with Crippen LogP contribution in [0.5, 0.6) is 0 Å². The number of ether oxygens (including phenoxy) is 1. The predicted octanol–water partition coefficient (Wildman–Crippen LogP) is 0.533. The molecule has 5 heteroatoms. The van der Waals surface area contributed by atoms with Gasteiger partial charge in [0.25, 0.3) is 0 Å². The minimum absolute atomic E-state index is 0.621. The smallest absolute Gasteiger partial charge is 0.169 e. The zero-order chi connectivity index (χ0) is 12.0. The summed E-state index contributed by atoms with van der Waals surface area (Å²) < 4.78 is 4.99. The van der Waals surface area contributed by atoms with Crippen molar-refractivity contribution in [2.24, 2.45) is 0 Å². The van der Waals surface area contributed by atoms with Crippen molar-refractivity contribution in [2.75, 3.05) is 46.9 Å². The van der Waals surface area contributed by atoms with Crippen LogP contribution in [0.1, 0.15) is 13.3 Å². The summed E-state index contributed by atoms with van der Waals surface area (Å²) in [5, 5.41) is 4.09. The van der Waals surface area contributed by atoms with Gasteiger partial charge in [0.15, 0.2) is 5.11 Å². The van der Waals surface area contributed by atoms with Crippen LogP contribution in [0, 0.1) is 0 Å². The standard InChI is InChI=1S/C11H23N3OS/c1-4-10-9-14(7-6-13(10)2)11(16)12-5-8-15-3/h10H,4-9H2,1-3H3,(H,12,16). The van der Waals surface area contributed by atoms with Crippen LogP contribution in [0.15, 0.2) is 0 Å². The summed E-state index contributed by atoms with van der Waals surface area (Å²) in [6.07, 6.45) is 1.17. The van der Waals surface area contributed by atoms with Crippen molar-refractivity contribution in [3.05, 3.63) is 0 Å². The molecular formula is C11H23N3OS. The molecule has 0 spiro atoms. The fraction of sp³-hybridized carbons (Fsp3) is 0.909. The Kier molecular flexibility index (Phi) is 6.01. The molecular weight excluding hydrogens is 222 g/mol. The number of hydrogen-bond acceptors (Lipinski definition) is 3. The normalized spacial score (nSPS) is 22.2. The van der Waals surface area contributed by atoms with Crippen molar-refractivity contribution in [1.82, 2.24) is 15.1 Å². The topological polar surface area (TPSA) is 27.7 Å². The van der Waals surface area contributed by atoms with Crippen LogP contribution in [-0.4, -0.2) is 67.9 Å². The van der Waals surface area contributed by atoms with Crippen LogP contribution in [0.4, 0.5) is 0 Å². The number of likely N-dealkylation sites (N-methyl/N-ethyl adjacent to an activating group) is 1. The van der Waals surface area contributed by atoms with Gasteiger partial charge in [-0.25, -0.2) is 0 Å². The SMILES string of the molecule is CCC1CN(C(=S)NCCOC)CCN1C. The van der Waals surface area contributed by atoms with E-state index in [1.54, 1.807) is 7.11 Å². The number of methoxy groups -OCH3 is 1. The molecule has 1 heterocycles. The van der Waals surface area contributed by atoms with E-state index in [-0.39, 0.29) is 0 Å². The second-order valence-electron chi connectivity index (χ2n) is 4.21. The molecule has 1 fully saturated rings. The molecule has 0 amide bonds. The number of thiocarbonyl (C=S) groups is 1. The lowest BCUT2D eigenvalue weighted by Crippen LogP contribution is -2.55. The molecule has 0 aromatic rings. The molecule has 1 saturated heterocycles. The van der Waals surface area contributed by atoms with Gasteiger partial charge in [-0.15, -0.1) is 0 Å². The molecule has 1 atom stereocenters. The van der Waals surface area contributed by atoms with Crippen LogP contribution in [0.2, 0.25) is 0 Å². The highest BCUT2D eigenvalue weighted by Crippen LogP contribution is 2.10. The Morgan fingerprint density at radius 1 is 1.50 bits per heavy atom. The van der Waals surface area contributed by atoms with Crippen LogP contribution in [-0.2, 0) is 4.74 Å². The van der Waals surface area contributed by atoms with Gasteiger partial charge in [-0.1, -0.05) is 6.92 Å². The molecule has 0 radical (unpaired) electrons. The number of rotatable bonds is 4. The summed E-state index contributed by atoms with van der Waals surface area (Å²) in [5.74, 6) is 0. The Hall–Kier alpha value is -0.390. The molecule has 1 aliphatic heterocycles. The molecule has 4 nitrogen and oxygen atoms in total. The third-order valence-corrected chi connectivity index (χ3v) is 3.52. The lowest BCUT2D eigenvalue weighted by atomic mass is 10.1. The zero-order valence-electron chi connectivity index (χ0n) is 10.5. The first kappa shape index (κ1) is 13.7. The highest BCUT2D eigenvalue weighted by Gasteiger charge is 2.23. The number of piperazine rings is 1. The monoisotopic (exact) mass is 245 g/mol. The van der Waals surface area contributed by atoms with E-state index < -0.39 is 0 Å². The summed E-state index contributed by atoms with van der Waals surface area (Å²) in [4.78, 5) is 4.67. The third-order valence-electron chi connectivity index (χ3n) is 3.12. The lowest BCUT2D eigenvalue weighted by Gasteiger charge is -2.40. The van der Waals surface area contributed by atoms with E-state index >= 15 is 0 Å². The molecule has 16 heavy (non-hydrogen) atoms. The average Bonchev–Trinajstić information content (AvgIpc) is 2.30. The van der Waals surface area contributed by atoms with E-state index in [0.29, 0.717) is 12.6 Å². The van der Waals surface area contributed by atoms with Crippen LogP contribution in [0.25, 0.3) is 0 Å². The van der Waals surface area contributed by atoms with Crippen molar-refractivity contribution in [3.8, 4) is 0 Å². The molecule has 0 bridgehead atoms. The van der Waals surface area contributed by atoms with Gasteiger partial charge in [-0.05, 0) is 25.7 Å². The second kappa shape index (κ2) is 7.04. The van der Waals surface area contributed by atoms with Gasteiger partial charge >= 0.3 is 0 Å². The van der Waals surface area contributed by atoms with E-state index in [2.05, 4.69) is 29.1 Å². The number of nitrogens with zero attached hydrogens (tertiary/aromatic N) is 2. The van der Waals surface area contributed by atoms with E-state index in [9.17, 15) is 0 Å². The van der Waals surface area contributed by atoms with Crippen molar-refractivity contribution in [3.63, 3.8) is 0 Å². The summed E-state index contributed by atoms with van der Waals surface area (Å²) in [6.45, 7) is 6.86. The first-order valence-electron chi connectivity index (χ1n) is 5.91. The third kappa shape index (κ3) is 3.88. The van der Waals surface area contributed by atoms with Crippen molar-refractivity contribution < 1.29 is 4.74 Å². The van der Waals surface area contributed by atoms with E-state index in [0.717, 1.165) is 31.3 Å². The maximum Gasteiger partial charge on any atom is 0.169 e.